The number of halogens is 1. The van der Waals surface area contributed by atoms with Gasteiger partial charge in [0.15, 0.2) is 5.16 Å². The van der Waals surface area contributed by atoms with Gasteiger partial charge in [-0.1, -0.05) is 23.9 Å². The minimum Gasteiger partial charge on any atom is -0.329 e. The molecule has 0 aliphatic rings. The van der Waals surface area contributed by atoms with E-state index in [4.69, 9.17) is 5.73 Å². The second-order valence-electron chi connectivity index (χ2n) is 3.74. The molecule has 0 amide bonds. The lowest BCUT2D eigenvalue weighted by Crippen LogP contribution is -2.00. The summed E-state index contributed by atoms with van der Waals surface area (Å²) >= 11 is 1.62. The first-order valence-corrected chi connectivity index (χ1v) is 6.26. The van der Waals surface area contributed by atoms with Crippen LogP contribution in [0.15, 0.2) is 35.7 Å². The Bertz CT molecular complexity index is 510. The summed E-state index contributed by atoms with van der Waals surface area (Å²) in [5.74, 6) is 0.524. The average molecular weight is 251 g/mol. The van der Waals surface area contributed by atoms with E-state index in [1.165, 1.54) is 6.07 Å². The van der Waals surface area contributed by atoms with Crippen LogP contribution in [0.5, 0.6) is 0 Å². The molecular weight excluding hydrogens is 237 g/mol. The number of aromatic nitrogens is 2. The summed E-state index contributed by atoms with van der Waals surface area (Å²) in [5, 5.41) is 0.948. The summed E-state index contributed by atoms with van der Waals surface area (Å²) in [6.45, 7) is 0.229. The third-order valence-corrected chi connectivity index (χ3v) is 3.60. The highest BCUT2D eigenvalue weighted by molar-refractivity contribution is 7.98. The lowest BCUT2D eigenvalue weighted by Gasteiger charge is -2.05. The van der Waals surface area contributed by atoms with Crippen LogP contribution in [-0.2, 0) is 19.3 Å². The van der Waals surface area contributed by atoms with E-state index in [9.17, 15) is 4.39 Å². The number of nitrogens with zero attached hydrogens (tertiary/aromatic N) is 2. The second kappa shape index (κ2) is 5.33. The summed E-state index contributed by atoms with van der Waals surface area (Å²) in [7, 11) is 1.95. The van der Waals surface area contributed by atoms with E-state index in [0.717, 1.165) is 16.5 Å². The van der Waals surface area contributed by atoms with Crippen molar-refractivity contribution in [3.8, 4) is 0 Å². The number of rotatable bonds is 4. The molecule has 0 atom stereocenters. The largest absolute Gasteiger partial charge is 0.329 e. The summed E-state index contributed by atoms with van der Waals surface area (Å²) in [6, 6.07) is 5.06. The first-order valence-electron chi connectivity index (χ1n) is 5.28. The van der Waals surface area contributed by atoms with E-state index >= 15 is 0 Å². The molecule has 0 radical (unpaired) electrons. The maximum absolute atomic E-state index is 13.2. The van der Waals surface area contributed by atoms with E-state index in [2.05, 4.69) is 4.98 Å². The zero-order valence-corrected chi connectivity index (χ0v) is 10.4. The predicted molar refractivity (Wildman–Crippen MR) is 67.1 cm³/mol. The maximum Gasteiger partial charge on any atom is 0.167 e. The minimum absolute atomic E-state index is 0.229. The van der Waals surface area contributed by atoms with Crippen LogP contribution in [0.4, 0.5) is 4.39 Å². The highest BCUT2D eigenvalue weighted by Gasteiger charge is 2.04. The molecule has 3 nitrogen and oxygen atoms in total. The third-order valence-electron chi connectivity index (χ3n) is 2.47. The molecule has 1 aromatic carbocycles. The zero-order chi connectivity index (χ0) is 12.3. The molecule has 1 heterocycles. The summed E-state index contributed by atoms with van der Waals surface area (Å²) < 4.78 is 15.2. The van der Waals surface area contributed by atoms with Crippen LogP contribution in [0, 0.1) is 5.82 Å². The van der Waals surface area contributed by atoms with Crippen molar-refractivity contribution in [2.24, 2.45) is 12.8 Å². The molecule has 5 heteroatoms. The molecule has 2 aromatic rings. The van der Waals surface area contributed by atoms with Crippen molar-refractivity contribution in [1.82, 2.24) is 9.55 Å². The molecule has 0 fully saturated rings. The minimum atomic E-state index is -0.238. The monoisotopic (exact) mass is 251 g/mol. The lowest BCUT2D eigenvalue weighted by molar-refractivity contribution is 0.610. The van der Waals surface area contributed by atoms with Gasteiger partial charge in [0.05, 0.1) is 0 Å². The summed E-state index contributed by atoms with van der Waals surface area (Å²) in [4.78, 5) is 4.22. The van der Waals surface area contributed by atoms with Crippen molar-refractivity contribution >= 4 is 11.8 Å². The molecule has 90 valence electrons. The van der Waals surface area contributed by atoms with Crippen LogP contribution in [0.2, 0.25) is 0 Å². The van der Waals surface area contributed by atoms with Crippen molar-refractivity contribution < 1.29 is 4.39 Å². The van der Waals surface area contributed by atoms with Gasteiger partial charge in [0.2, 0.25) is 0 Å². The van der Waals surface area contributed by atoms with Gasteiger partial charge in [-0.3, -0.25) is 0 Å². The first kappa shape index (κ1) is 12.1. The standard InChI is InChI=1S/C12H14FN3S/c1-16-5-4-15-12(16)17-8-9-2-3-11(13)10(6-9)7-14/h2-6H,7-8,14H2,1H3. The SMILES string of the molecule is Cn1ccnc1SCc1ccc(F)c(CN)c1. The summed E-state index contributed by atoms with van der Waals surface area (Å²) in [5.41, 5.74) is 7.08. The van der Waals surface area contributed by atoms with Gasteiger partial charge in [0.25, 0.3) is 0 Å². The number of benzene rings is 1. The van der Waals surface area contributed by atoms with Crippen molar-refractivity contribution in [2.45, 2.75) is 17.5 Å². The van der Waals surface area contributed by atoms with E-state index in [-0.39, 0.29) is 12.4 Å². The Morgan fingerprint density at radius 1 is 1.47 bits per heavy atom. The molecule has 0 bridgehead atoms. The molecule has 0 saturated heterocycles. The maximum atomic E-state index is 13.2. The van der Waals surface area contributed by atoms with Gasteiger partial charge in [-0.05, 0) is 11.6 Å². The Morgan fingerprint density at radius 2 is 2.29 bits per heavy atom. The van der Waals surface area contributed by atoms with Crippen LogP contribution in [0.3, 0.4) is 0 Å². The van der Waals surface area contributed by atoms with Crippen LogP contribution >= 0.6 is 11.8 Å². The van der Waals surface area contributed by atoms with E-state index in [1.54, 1.807) is 24.0 Å². The van der Waals surface area contributed by atoms with E-state index in [1.807, 2.05) is 23.9 Å². The first-order chi connectivity index (χ1) is 8.20. The lowest BCUT2D eigenvalue weighted by atomic mass is 10.1. The van der Waals surface area contributed by atoms with Gasteiger partial charge < -0.3 is 10.3 Å². The Balaban J connectivity index is 2.07. The predicted octanol–water partition coefficient (Wildman–Crippen LogP) is 2.31. The van der Waals surface area contributed by atoms with Gasteiger partial charge in [0.1, 0.15) is 5.82 Å². The molecule has 2 rings (SSSR count). The van der Waals surface area contributed by atoms with Gasteiger partial charge in [-0.25, -0.2) is 9.37 Å². The van der Waals surface area contributed by atoms with Crippen LogP contribution < -0.4 is 5.73 Å². The van der Waals surface area contributed by atoms with Gasteiger partial charge in [-0.2, -0.15) is 0 Å². The Labute approximate surface area is 104 Å². The number of thioether (sulfide) groups is 1. The molecule has 0 unspecified atom stereocenters. The Hall–Kier alpha value is -1.33. The topological polar surface area (TPSA) is 43.8 Å². The molecule has 0 saturated carbocycles. The average Bonchev–Trinajstić information content (AvgIpc) is 2.74. The molecular formula is C12H14FN3S. The molecule has 1 aromatic heterocycles. The molecule has 17 heavy (non-hydrogen) atoms. The van der Waals surface area contributed by atoms with E-state index < -0.39 is 0 Å². The fourth-order valence-electron chi connectivity index (χ4n) is 1.51. The summed E-state index contributed by atoms with van der Waals surface area (Å²) in [6.07, 6.45) is 3.66. The highest BCUT2D eigenvalue weighted by atomic mass is 32.2. The van der Waals surface area contributed by atoms with Gasteiger partial charge in [0, 0.05) is 37.3 Å². The second-order valence-corrected chi connectivity index (χ2v) is 4.68. The van der Waals surface area contributed by atoms with E-state index in [0.29, 0.717) is 5.56 Å². The van der Waals surface area contributed by atoms with Crippen molar-refractivity contribution in [3.63, 3.8) is 0 Å². The fourth-order valence-corrected chi connectivity index (χ4v) is 2.39. The Morgan fingerprint density at radius 3 is 2.94 bits per heavy atom. The van der Waals surface area contributed by atoms with Crippen molar-refractivity contribution in [1.29, 1.82) is 0 Å². The Kier molecular flexibility index (Phi) is 3.81. The van der Waals surface area contributed by atoms with Gasteiger partial charge in [-0.15, -0.1) is 0 Å². The smallest absolute Gasteiger partial charge is 0.167 e. The third kappa shape index (κ3) is 2.87. The highest BCUT2D eigenvalue weighted by Crippen LogP contribution is 2.21. The normalized spacial score (nSPS) is 10.8. The fraction of sp³-hybridized carbons (Fsp3) is 0.250. The number of nitrogens with two attached hydrogens (primary N) is 1. The molecule has 0 aliphatic heterocycles. The van der Waals surface area contributed by atoms with Crippen LogP contribution in [0.25, 0.3) is 0 Å². The quantitative estimate of drug-likeness (QED) is 0.848. The van der Waals surface area contributed by atoms with Crippen molar-refractivity contribution in [3.05, 3.63) is 47.5 Å². The number of aryl methyl sites for hydroxylation is 1. The van der Waals surface area contributed by atoms with Gasteiger partial charge >= 0.3 is 0 Å². The number of hydrogen-bond acceptors (Lipinski definition) is 3. The number of hydrogen-bond donors (Lipinski definition) is 1. The molecule has 2 N–H and O–H groups in total. The molecule has 0 aliphatic carbocycles. The molecule has 0 spiro atoms. The zero-order valence-electron chi connectivity index (χ0n) is 9.56. The van der Waals surface area contributed by atoms with Crippen LogP contribution in [-0.4, -0.2) is 9.55 Å². The van der Waals surface area contributed by atoms with Crippen LogP contribution in [0.1, 0.15) is 11.1 Å². The van der Waals surface area contributed by atoms with Crippen molar-refractivity contribution in [2.75, 3.05) is 0 Å². The number of imidazole rings is 1.